The number of furan rings is 1. The number of rotatable bonds is 7. The molecule has 6 nitrogen and oxygen atoms in total. The van der Waals surface area contributed by atoms with E-state index in [1.54, 1.807) is 12.1 Å². The number of carbonyl (C=O) groups is 1. The van der Waals surface area contributed by atoms with Gasteiger partial charge in [0.05, 0.1) is 17.7 Å². The van der Waals surface area contributed by atoms with Crippen LogP contribution >= 0.6 is 0 Å². The van der Waals surface area contributed by atoms with Gasteiger partial charge in [0.2, 0.25) is 10.0 Å². The second-order valence-electron chi connectivity index (χ2n) is 6.33. The van der Waals surface area contributed by atoms with Gasteiger partial charge in [-0.15, -0.1) is 0 Å². The van der Waals surface area contributed by atoms with Crippen LogP contribution in [0, 0.1) is 11.6 Å². The van der Waals surface area contributed by atoms with Crippen LogP contribution in [-0.4, -0.2) is 26.3 Å². The number of amides is 1. The Bertz CT molecular complexity index is 1100. The van der Waals surface area contributed by atoms with Crippen molar-refractivity contribution in [2.75, 3.05) is 7.05 Å². The van der Waals surface area contributed by atoms with Crippen LogP contribution in [0.25, 0.3) is 0 Å². The normalized spacial score (nSPS) is 11.4. The van der Waals surface area contributed by atoms with Crippen LogP contribution in [0.1, 0.15) is 21.7 Å². The van der Waals surface area contributed by atoms with E-state index in [0.29, 0.717) is 5.76 Å². The molecule has 0 aliphatic heterocycles. The van der Waals surface area contributed by atoms with Crippen molar-refractivity contribution < 1.29 is 26.4 Å². The predicted octanol–water partition coefficient (Wildman–Crippen LogP) is 3.31. The average molecular weight is 420 g/mol. The molecule has 3 aromatic rings. The van der Waals surface area contributed by atoms with Gasteiger partial charge in [-0.3, -0.25) is 4.79 Å². The molecule has 0 saturated carbocycles. The van der Waals surface area contributed by atoms with Gasteiger partial charge in [-0.05, 0) is 42.5 Å². The number of sulfonamides is 1. The van der Waals surface area contributed by atoms with Crippen molar-refractivity contribution in [3.8, 4) is 0 Å². The molecule has 0 radical (unpaired) electrons. The molecule has 0 bridgehead atoms. The molecule has 0 unspecified atom stereocenters. The Balaban J connectivity index is 1.67. The zero-order chi connectivity index (χ0) is 21.0. The molecule has 9 heteroatoms. The maximum absolute atomic E-state index is 13.8. The number of carbonyl (C=O) groups excluding carboxylic acids is 1. The molecule has 0 aliphatic carbocycles. The minimum atomic E-state index is -3.78. The Morgan fingerprint density at radius 3 is 2.45 bits per heavy atom. The van der Waals surface area contributed by atoms with Crippen LogP contribution in [0.15, 0.2) is 70.2 Å². The van der Waals surface area contributed by atoms with Crippen LogP contribution in [0.4, 0.5) is 8.78 Å². The third-order valence-corrected chi connectivity index (χ3v) is 5.61. The summed E-state index contributed by atoms with van der Waals surface area (Å²) in [5, 5.41) is 0. The Labute approximate surface area is 166 Å². The van der Waals surface area contributed by atoms with Gasteiger partial charge in [0.1, 0.15) is 17.4 Å². The monoisotopic (exact) mass is 420 g/mol. The Kier molecular flexibility index (Phi) is 6.09. The first-order chi connectivity index (χ1) is 13.8. The van der Waals surface area contributed by atoms with Gasteiger partial charge in [0.25, 0.3) is 5.91 Å². The summed E-state index contributed by atoms with van der Waals surface area (Å²) in [5.74, 6) is -1.40. The van der Waals surface area contributed by atoms with E-state index in [4.69, 9.17) is 4.42 Å². The summed E-state index contributed by atoms with van der Waals surface area (Å²) in [7, 11) is -2.30. The van der Waals surface area contributed by atoms with E-state index in [0.717, 1.165) is 12.1 Å². The molecule has 0 saturated heterocycles. The van der Waals surface area contributed by atoms with Crippen LogP contribution in [-0.2, 0) is 23.1 Å². The molecule has 152 valence electrons. The molecule has 0 spiro atoms. The Hall–Kier alpha value is -3.04. The molecule has 0 atom stereocenters. The summed E-state index contributed by atoms with van der Waals surface area (Å²) >= 11 is 0. The minimum Gasteiger partial charge on any atom is -0.468 e. The molecule has 29 heavy (non-hydrogen) atoms. The lowest BCUT2D eigenvalue weighted by Crippen LogP contribution is -2.27. The molecule has 0 fully saturated rings. The fraction of sp³-hybridized carbons (Fsp3) is 0.150. The lowest BCUT2D eigenvalue weighted by Gasteiger charge is -2.18. The zero-order valence-electron chi connectivity index (χ0n) is 15.4. The number of hydrogen-bond donors (Lipinski definition) is 1. The van der Waals surface area contributed by atoms with Gasteiger partial charge in [0.15, 0.2) is 0 Å². The molecular formula is C20H18F2N2O4S. The fourth-order valence-electron chi connectivity index (χ4n) is 2.64. The Morgan fingerprint density at radius 1 is 1.10 bits per heavy atom. The smallest absolute Gasteiger partial charge is 0.253 e. The fourth-order valence-corrected chi connectivity index (χ4v) is 3.63. The third-order valence-electron chi connectivity index (χ3n) is 4.20. The van der Waals surface area contributed by atoms with Gasteiger partial charge < -0.3 is 9.32 Å². The quantitative estimate of drug-likeness (QED) is 0.636. The summed E-state index contributed by atoms with van der Waals surface area (Å²) < 4.78 is 58.9. The molecular weight excluding hydrogens is 402 g/mol. The summed E-state index contributed by atoms with van der Waals surface area (Å²) in [6.45, 7) is -0.0579. The largest absolute Gasteiger partial charge is 0.468 e. The van der Waals surface area contributed by atoms with Crippen LogP contribution in [0.5, 0.6) is 0 Å². The van der Waals surface area contributed by atoms with E-state index < -0.39 is 27.6 Å². The van der Waals surface area contributed by atoms with Gasteiger partial charge in [-0.25, -0.2) is 21.9 Å². The van der Waals surface area contributed by atoms with Crippen molar-refractivity contribution in [2.24, 2.45) is 0 Å². The molecule has 2 aromatic carbocycles. The van der Waals surface area contributed by atoms with Crippen molar-refractivity contribution in [2.45, 2.75) is 18.0 Å². The number of nitrogens with zero attached hydrogens (tertiary/aromatic N) is 1. The average Bonchev–Trinajstić information content (AvgIpc) is 3.22. The van der Waals surface area contributed by atoms with Crippen LogP contribution in [0.3, 0.4) is 0 Å². The van der Waals surface area contributed by atoms with Crippen molar-refractivity contribution in [3.05, 3.63) is 89.4 Å². The Morgan fingerprint density at radius 2 is 1.83 bits per heavy atom. The predicted molar refractivity (Wildman–Crippen MR) is 101 cm³/mol. The summed E-state index contributed by atoms with van der Waals surface area (Å²) in [6.07, 6.45) is 1.44. The van der Waals surface area contributed by atoms with Gasteiger partial charge >= 0.3 is 0 Å². The van der Waals surface area contributed by atoms with Crippen LogP contribution < -0.4 is 4.72 Å². The first-order valence-corrected chi connectivity index (χ1v) is 10.1. The highest BCUT2D eigenvalue weighted by atomic mass is 32.2. The highest BCUT2D eigenvalue weighted by Gasteiger charge is 2.18. The van der Waals surface area contributed by atoms with E-state index in [-0.39, 0.29) is 29.1 Å². The maximum Gasteiger partial charge on any atom is 0.253 e. The van der Waals surface area contributed by atoms with E-state index >= 15 is 0 Å². The molecule has 0 aliphatic rings. The molecule has 3 rings (SSSR count). The highest BCUT2D eigenvalue weighted by Crippen LogP contribution is 2.16. The van der Waals surface area contributed by atoms with E-state index in [2.05, 4.69) is 4.72 Å². The number of benzene rings is 2. The minimum absolute atomic E-state index is 0.00197. The summed E-state index contributed by atoms with van der Waals surface area (Å²) in [6, 6.07) is 11.8. The molecule has 1 amide bonds. The number of halogens is 2. The zero-order valence-corrected chi connectivity index (χ0v) is 16.2. The molecule has 1 heterocycles. The van der Waals surface area contributed by atoms with Gasteiger partial charge in [-0.2, -0.15) is 0 Å². The van der Waals surface area contributed by atoms with Gasteiger partial charge in [0, 0.05) is 30.8 Å². The SMILES string of the molecule is CN(Cc1ccc(F)cc1F)C(=O)c1ccc(S(=O)(=O)NCc2ccco2)cc1. The van der Waals surface area contributed by atoms with Crippen molar-refractivity contribution >= 4 is 15.9 Å². The van der Waals surface area contributed by atoms with E-state index in [1.165, 1.54) is 48.5 Å². The highest BCUT2D eigenvalue weighted by molar-refractivity contribution is 7.89. The van der Waals surface area contributed by atoms with Crippen molar-refractivity contribution in [1.82, 2.24) is 9.62 Å². The van der Waals surface area contributed by atoms with E-state index in [9.17, 15) is 22.0 Å². The standard InChI is InChI=1S/C20H18F2N2O4S/c1-24(13-15-4-7-16(21)11-19(15)22)20(25)14-5-8-18(9-6-14)29(26,27)23-12-17-3-2-10-28-17/h2-11,23H,12-13H2,1H3. The second-order valence-corrected chi connectivity index (χ2v) is 8.09. The summed E-state index contributed by atoms with van der Waals surface area (Å²) in [4.78, 5) is 13.8. The lowest BCUT2D eigenvalue weighted by molar-refractivity contribution is 0.0783. The molecule has 1 aromatic heterocycles. The third kappa shape index (κ3) is 5.07. The molecule has 1 N–H and O–H groups in total. The van der Waals surface area contributed by atoms with E-state index in [1.807, 2.05) is 0 Å². The first-order valence-electron chi connectivity index (χ1n) is 8.58. The lowest BCUT2D eigenvalue weighted by atomic mass is 10.1. The maximum atomic E-state index is 13.8. The first kappa shape index (κ1) is 20.7. The van der Waals surface area contributed by atoms with Crippen molar-refractivity contribution in [3.63, 3.8) is 0 Å². The second kappa shape index (κ2) is 8.54. The van der Waals surface area contributed by atoms with Crippen LogP contribution in [0.2, 0.25) is 0 Å². The topological polar surface area (TPSA) is 79.6 Å². The van der Waals surface area contributed by atoms with Gasteiger partial charge in [-0.1, -0.05) is 6.07 Å². The van der Waals surface area contributed by atoms with Crippen molar-refractivity contribution in [1.29, 1.82) is 0 Å². The number of nitrogens with one attached hydrogen (secondary N) is 1. The summed E-state index contributed by atoms with van der Waals surface area (Å²) in [5.41, 5.74) is 0.406. The number of hydrogen-bond acceptors (Lipinski definition) is 4.